The normalized spacial score (nSPS) is 10.9. The van der Waals surface area contributed by atoms with E-state index in [0.717, 1.165) is 39.1 Å². The van der Waals surface area contributed by atoms with Crippen molar-refractivity contribution in [1.29, 1.82) is 0 Å². The molecule has 0 saturated heterocycles. The van der Waals surface area contributed by atoms with Crippen LogP contribution in [0.1, 0.15) is 27.7 Å². The van der Waals surface area contributed by atoms with E-state index >= 15 is 0 Å². The highest BCUT2D eigenvalue weighted by Crippen LogP contribution is 2.21. The Hall–Kier alpha value is -3.16. The fourth-order valence-corrected chi connectivity index (χ4v) is 4.34. The summed E-state index contributed by atoms with van der Waals surface area (Å²) in [5.74, 6) is 0.741. The van der Waals surface area contributed by atoms with Gasteiger partial charge in [0.25, 0.3) is 0 Å². The zero-order valence-corrected chi connectivity index (χ0v) is 20.4. The number of thiazole rings is 1. The molecule has 0 aliphatic rings. The Balaban J connectivity index is 1.36. The molecule has 4 aromatic rings. The molecule has 0 unspecified atom stereocenters. The Morgan fingerprint density at radius 3 is 2.58 bits per heavy atom. The lowest BCUT2D eigenvalue weighted by molar-refractivity contribution is -0.129. The molecule has 0 atom stereocenters. The molecule has 2 heterocycles. The number of para-hydroxylation sites is 1. The Labute approximate surface area is 202 Å². The van der Waals surface area contributed by atoms with Gasteiger partial charge < -0.3 is 9.64 Å². The summed E-state index contributed by atoms with van der Waals surface area (Å²) in [5, 5.41) is 8.08. The molecule has 0 aliphatic heterocycles. The van der Waals surface area contributed by atoms with Crippen LogP contribution < -0.4 is 4.74 Å². The predicted molar refractivity (Wildman–Crippen MR) is 131 cm³/mol. The summed E-state index contributed by atoms with van der Waals surface area (Å²) >= 11 is 7.39. The number of likely N-dealkylation sites (N-methyl/N-ethyl adjacent to an activating group) is 1. The van der Waals surface area contributed by atoms with Crippen molar-refractivity contribution in [2.45, 2.75) is 33.4 Å². The van der Waals surface area contributed by atoms with Gasteiger partial charge >= 0.3 is 0 Å². The number of aryl methyl sites for hydroxylation is 1. The van der Waals surface area contributed by atoms with Crippen molar-refractivity contribution in [3.63, 3.8) is 0 Å². The summed E-state index contributed by atoms with van der Waals surface area (Å²) in [5.41, 5.74) is 4.78. The molecule has 170 valence electrons. The molecule has 2 aromatic heterocycles. The minimum atomic E-state index is 0.0109. The lowest BCUT2D eigenvalue weighted by Crippen LogP contribution is -2.28. The molecule has 0 bridgehead atoms. The first kappa shape index (κ1) is 23.0. The van der Waals surface area contributed by atoms with Crippen molar-refractivity contribution >= 4 is 28.8 Å². The molecule has 2 aromatic carbocycles. The fraction of sp³-hybridized carbons (Fsp3) is 0.240. The van der Waals surface area contributed by atoms with Crippen LogP contribution in [-0.2, 0) is 24.4 Å². The second kappa shape index (κ2) is 10.2. The average molecular weight is 481 g/mol. The van der Waals surface area contributed by atoms with Crippen molar-refractivity contribution in [2.75, 3.05) is 7.05 Å². The lowest BCUT2D eigenvalue weighted by atomic mass is 10.1. The van der Waals surface area contributed by atoms with E-state index in [1.54, 1.807) is 17.0 Å². The highest BCUT2D eigenvalue weighted by molar-refractivity contribution is 7.09. The molecule has 8 heteroatoms. The number of nitrogens with zero attached hydrogens (tertiary/aromatic N) is 4. The smallest absolute Gasteiger partial charge is 0.228 e. The third-order valence-electron chi connectivity index (χ3n) is 5.37. The third-order valence-corrected chi connectivity index (χ3v) is 6.49. The number of amides is 1. The maximum Gasteiger partial charge on any atom is 0.228 e. The molecule has 4 rings (SSSR count). The number of halogens is 1. The van der Waals surface area contributed by atoms with Crippen LogP contribution in [0.15, 0.2) is 60.0 Å². The molecule has 6 nitrogen and oxygen atoms in total. The SMILES string of the molecule is Cc1nn(-c2ccccc2)c(C)c1CN(C)C(=O)Cc1csc(COc2ccc(Cl)cc2)n1. The van der Waals surface area contributed by atoms with Gasteiger partial charge in [0, 0.05) is 35.3 Å². The predicted octanol–water partition coefficient (Wildman–Crippen LogP) is 5.38. The maximum atomic E-state index is 12.9. The van der Waals surface area contributed by atoms with Gasteiger partial charge in [0.05, 0.1) is 23.5 Å². The molecule has 33 heavy (non-hydrogen) atoms. The van der Waals surface area contributed by atoms with Crippen molar-refractivity contribution in [2.24, 2.45) is 0 Å². The van der Waals surface area contributed by atoms with E-state index in [1.807, 2.05) is 73.4 Å². The van der Waals surface area contributed by atoms with Crippen LogP contribution in [0.2, 0.25) is 5.02 Å². The van der Waals surface area contributed by atoms with E-state index in [4.69, 9.17) is 16.3 Å². The minimum Gasteiger partial charge on any atom is -0.486 e. The number of rotatable bonds is 8. The van der Waals surface area contributed by atoms with Crippen molar-refractivity contribution in [3.8, 4) is 11.4 Å². The summed E-state index contributed by atoms with van der Waals surface area (Å²) in [6.07, 6.45) is 0.249. The molecule has 0 saturated carbocycles. The Bertz CT molecular complexity index is 1240. The van der Waals surface area contributed by atoms with E-state index in [-0.39, 0.29) is 12.3 Å². The highest BCUT2D eigenvalue weighted by Gasteiger charge is 2.18. The summed E-state index contributed by atoms with van der Waals surface area (Å²) < 4.78 is 7.67. The number of benzene rings is 2. The van der Waals surface area contributed by atoms with Gasteiger partial charge in [-0.05, 0) is 50.2 Å². The van der Waals surface area contributed by atoms with Crippen LogP contribution >= 0.6 is 22.9 Å². The topological polar surface area (TPSA) is 60.2 Å². The first-order valence-corrected chi connectivity index (χ1v) is 11.8. The summed E-state index contributed by atoms with van der Waals surface area (Å²) in [4.78, 5) is 19.1. The Morgan fingerprint density at radius 2 is 1.85 bits per heavy atom. The van der Waals surface area contributed by atoms with Gasteiger partial charge in [-0.15, -0.1) is 11.3 Å². The lowest BCUT2D eigenvalue weighted by Gasteiger charge is -2.17. The van der Waals surface area contributed by atoms with Crippen LogP contribution in [0.4, 0.5) is 0 Å². The average Bonchev–Trinajstić information content (AvgIpc) is 3.38. The standard InChI is InChI=1S/C25H25ClN4O2S/c1-17-23(18(2)30(28-17)21-7-5-4-6-8-21)14-29(3)25(31)13-20-16-33-24(27-20)15-32-22-11-9-19(26)10-12-22/h4-12,16H,13-15H2,1-3H3. The first-order chi connectivity index (χ1) is 15.9. The van der Waals surface area contributed by atoms with E-state index in [2.05, 4.69) is 10.1 Å². The van der Waals surface area contributed by atoms with Crippen LogP contribution in [-0.4, -0.2) is 32.6 Å². The number of hydrogen-bond donors (Lipinski definition) is 0. The molecular formula is C25H25ClN4O2S. The quantitative estimate of drug-likeness (QED) is 0.339. The number of carbonyl (C=O) groups is 1. The van der Waals surface area contributed by atoms with Crippen molar-refractivity contribution in [3.05, 3.63) is 92.7 Å². The van der Waals surface area contributed by atoms with Crippen LogP contribution in [0.5, 0.6) is 5.75 Å². The minimum absolute atomic E-state index is 0.0109. The first-order valence-electron chi connectivity index (χ1n) is 10.6. The Morgan fingerprint density at radius 1 is 1.12 bits per heavy atom. The van der Waals surface area contributed by atoms with E-state index in [9.17, 15) is 4.79 Å². The summed E-state index contributed by atoms with van der Waals surface area (Å²) in [6.45, 7) is 4.87. The molecule has 0 fully saturated rings. The van der Waals surface area contributed by atoms with E-state index < -0.39 is 0 Å². The maximum absolute atomic E-state index is 12.9. The molecule has 1 amide bonds. The van der Waals surface area contributed by atoms with Gasteiger partial charge in [-0.25, -0.2) is 9.67 Å². The van der Waals surface area contributed by atoms with Crippen LogP contribution in [0.3, 0.4) is 0 Å². The Kier molecular flexibility index (Phi) is 7.11. The van der Waals surface area contributed by atoms with Gasteiger partial charge in [0.1, 0.15) is 17.4 Å². The number of hydrogen-bond acceptors (Lipinski definition) is 5. The van der Waals surface area contributed by atoms with Crippen molar-refractivity contribution in [1.82, 2.24) is 19.7 Å². The van der Waals surface area contributed by atoms with Crippen LogP contribution in [0.25, 0.3) is 5.69 Å². The van der Waals surface area contributed by atoms with E-state index in [0.29, 0.717) is 18.2 Å². The van der Waals surface area contributed by atoms with Gasteiger partial charge in [0.15, 0.2) is 0 Å². The van der Waals surface area contributed by atoms with Crippen molar-refractivity contribution < 1.29 is 9.53 Å². The van der Waals surface area contributed by atoms with Gasteiger partial charge in [-0.3, -0.25) is 4.79 Å². The summed E-state index contributed by atoms with van der Waals surface area (Å²) in [6, 6.07) is 17.2. The van der Waals surface area contributed by atoms with Gasteiger partial charge in [-0.2, -0.15) is 5.10 Å². The molecular weight excluding hydrogens is 456 g/mol. The molecule has 0 N–H and O–H groups in total. The molecule has 0 spiro atoms. The number of ether oxygens (including phenoxy) is 1. The van der Waals surface area contributed by atoms with Gasteiger partial charge in [0.2, 0.25) is 5.91 Å². The zero-order valence-electron chi connectivity index (χ0n) is 18.8. The largest absolute Gasteiger partial charge is 0.486 e. The second-order valence-electron chi connectivity index (χ2n) is 7.80. The monoisotopic (exact) mass is 480 g/mol. The molecule has 0 radical (unpaired) electrons. The van der Waals surface area contributed by atoms with E-state index in [1.165, 1.54) is 11.3 Å². The second-order valence-corrected chi connectivity index (χ2v) is 9.18. The summed E-state index contributed by atoms with van der Waals surface area (Å²) in [7, 11) is 1.82. The molecule has 0 aliphatic carbocycles. The zero-order chi connectivity index (χ0) is 23.4. The van der Waals surface area contributed by atoms with Crippen LogP contribution in [0, 0.1) is 13.8 Å². The highest BCUT2D eigenvalue weighted by atomic mass is 35.5. The fourth-order valence-electron chi connectivity index (χ4n) is 3.51. The van der Waals surface area contributed by atoms with Gasteiger partial charge in [-0.1, -0.05) is 29.8 Å². The third kappa shape index (κ3) is 5.61. The number of carbonyl (C=O) groups excluding carboxylic acids is 1. The number of aromatic nitrogens is 3.